The average Bonchev–Trinajstić information content (AvgIpc) is 2.80. The normalized spacial score (nSPS) is 19.9. The van der Waals surface area contributed by atoms with Crippen molar-refractivity contribution in [2.24, 2.45) is 0 Å². The van der Waals surface area contributed by atoms with Gasteiger partial charge in [-0.1, -0.05) is 54.6 Å². The molecule has 0 bridgehead atoms. The molecule has 5 nitrogen and oxygen atoms in total. The molecule has 1 saturated heterocycles. The first-order chi connectivity index (χ1) is 14.8. The lowest BCUT2D eigenvalue weighted by molar-refractivity contribution is -0.921. The van der Waals surface area contributed by atoms with E-state index in [2.05, 4.69) is 66.0 Å². The fourth-order valence-electron chi connectivity index (χ4n) is 4.35. The summed E-state index contributed by atoms with van der Waals surface area (Å²) >= 11 is 0. The summed E-state index contributed by atoms with van der Waals surface area (Å²) in [4.78, 5) is 15.4. The van der Waals surface area contributed by atoms with E-state index in [1.165, 1.54) is 27.2 Å². The Labute approximate surface area is 179 Å². The summed E-state index contributed by atoms with van der Waals surface area (Å²) in [7, 11) is 0. The van der Waals surface area contributed by atoms with E-state index >= 15 is 0 Å². The largest absolute Gasteiger partial charge is 0.370 e. The Bertz CT molecular complexity index is 860. The molecule has 0 aliphatic carbocycles. The van der Waals surface area contributed by atoms with Gasteiger partial charge in [0.25, 0.3) is 5.91 Å². The van der Waals surface area contributed by atoms with Crippen LogP contribution < -0.4 is 15.1 Å². The molecule has 1 unspecified atom stereocenters. The Hall–Kier alpha value is -2.47. The van der Waals surface area contributed by atoms with Crippen molar-refractivity contribution in [2.75, 3.05) is 45.9 Å². The lowest BCUT2D eigenvalue weighted by Crippen LogP contribution is -3.13. The van der Waals surface area contributed by atoms with Gasteiger partial charge in [-0.15, -0.1) is 0 Å². The Kier molecular flexibility index (Phi) is 7.29. The maximum absolute atomic E-state index is 12.6. The molecular weight excluding hydrogens is 374 g/mol. The molecule has 0 spiro atoms. The topological polar surface area (TPSA) is 47.2 Å². The number of carbonyl (C=O) groups is 1. The van der Waals surface area contributed by atoms with Crippen molar-refractivity contribution < 1.29 is 19.3 Å². The number of benzene rings is 2. The quantitative estimate of drug-likeness (QED) is 0.609. The van der Waals surface area contributed by atoms with Crippen LogP contribution in [0.4, 0.5) is 0 Å². The first-order valence-corrected chi connectivity index (χ1v) is 11.1. The van der Waals surface area contributed by atoms with E-state index in [1.807, 2.05) is 0 Å². The van der Waals surface area contributed by atoms with E-state index in [4.69, 9.17) is 4.74 Å². The molecule has 4 rings (SSSR count). The summed E-state index contributed by atoms with van der Waals surface area (Å²) in [5.41, 5.74) is 5.26. The summed E-state index contributed by atoms with van der Waals surface area (Å²) < 4.78 is 5.47. The molecule has 2 aliphatic heterocycles. The Morgan fingerprint density at radius 1 is 0.900 bits per heavy atom. The molecule has 0 radical (unpaired) electrons. The van der Waals surface area contributed by atoms with E-state index in [1.54, 1.807) is 4.90 Å². The standard InChI is InChI=1S/C25H31N3O2/c29-25(20-27-12-10-22(11-13-27)21-6-2-1-3-7-21)26-18-23-8-4-5-9-24(23)19-28-14-16-30-17-15-28/h1-10H,11-20H2,(H,26,29)/p+2. The van der Waals surface area contributed by atoms with E-state index < -0.39 is 0 Å². The third-order valence-corrected chi connectivity index (χ3v) is 6.17. The third kappa shape index (κ3) is 5.79. The number of morpholine rings is 1. The summed E-state index contributed by atoms with van der Waals surface area (Å²) in [6.45, 7) is 7.85. The first-order valence-electron chi connectivity index (χ1n) is 11.1. The van der Waals surface area contributed by atoms with Gasteiger partial charge in [-0.3, -0.25) is 4.79 Å². The van der Waals surface area contributed by atoms with E-state index in [9.17, 15) is 4.79 Å². The third-order valence-electron chi connectivity index (χ3n) is 6.17. The lowest BCUT2D eigenvalue weighted by atomic mass is 10.00. The average molecular weight is 408 g/mol. The minimum atomic E-state index is 0.134. The fourth-order valence-corrected chi connectivity index (χ4v) is 4.35. The molecule has 2 aliphatic rings. The maximum Gasteiger partial charge on any atom is 0.275 e. The molecule has 2 aromatic rings. The SMILES string of the molecule is O=C(C[NH+]1CC=C(c2ccccc2)CC1)NCc1ccccc1C[NH+]1CCOCC1. The zero-order valence-corrected chi connectivity index (χ0v) is 17.7. The number of hydrogen-bond donors (Lipinski definition) is 3. The molecule has 158 valence electrons. The molecule has 3 N–H and O–H groups in total. The fraction of sp³-hybridized carbons (Fsp3) is 0.400. The van der Waals surface area contributed by atoms with Crippen LogP contribution in [0.3, 0.4) is 0 Å². The Morgan fingerprint density at radius 3 is 2.37 bits per heavy atom. The van der Waals surface area contributed by atoms with Crippen LogP contribution in [-0.2, 0) is 22.6 Å². The number of rotatable bonds is 7. The second-order valence-electron chi connectivity index (χ2n) is 8.31. The number of quaternary nitrogens is 2. The van der Waals surface area contributed by atoms with Crippen molar-refractivity contribution in [3.63, 3.8) is 0 Å². The minimum absolute atomic E-state index is 0.134. The van der Waals surface area contributed by atoms with Crippen molar-refractivity contribution in [1.29, 1.82) is 0 Å². The van der Waals surface area contributed by atoms with Crippen molar-refractivity contribution in [3.05, 3.63) is 77.4 Å². The molecular formula is C25H33N3O2+2. The predicted molar refractivity (Wildman–Crippen MR) is 118 cm³/mol. The highest BCUT2D eigenvalue weighted by atomic mass is 16.5. The molecule has 5 heteroatoms. The number of amides is 1. The van der Waals surface area contributed by atoms with E-state index in [0.717, 1.165) is 52.4 Å². The predicted octanol–water partition coefficient (Wildman–Crippen LogP) is 0.0901. The molecule has 30 heavy (non-hydrogen) atoms. The smallest absolute Gasteiger partial charge is 0.275 e. The number of ether oxygens (including phenoxy) is 1. The number of hydrogen-bond acceptors (Lipinski definition) is 2. The molecule has 1 atom stereocenters. The van der Waals surface area contributed by atoms with E-state index in [-0.39, 0.29) is 5.91 Å². The van der Waals surface area contributed by atoms with Crippen LogP contribution in [0.2, 0.25) is 0 Å². The Balaban J connectivity index is 1.26. The molecule has 0 saturated carbocycles. The molecule has 2 heterocycles. The second kappa shape index (κ2) is 10.5. The van der Waals surface area contributed by atoms with Gasteiger partial charge in [0, 0.05) is 18.5 Å². The van der Waals surface area contributed by atoms with Gasteiger partial charge in [-0.2, -0.15) is 0 Å². The lowest BCUT2D eigenvalue weighted by Gasteiger charge is -2.25. The summed E-state index contributed by atoms with van der Waals surface area (Å²) in [5, 5.41) is 3.15. The van der Waals surface area contributed by atoms with Crippen molar-refractivity contribution >= 4 is 11.5 Å². The van der Waals surface area contributed by atoms with Crippen LogP contribution in [0.15, 0.2) is 60.7 Å². The number of carbonyl (C=O) groups excluding carboxylic acids is 1. The second-order valence-corrected chi connectivity index (χ2v) is 8.31. The summed E-state index contributed by atoms with van der Waals surface area (Å²) in [6.07, 6.45) is 3.32. The summed E-state index contributed by atoms with van der Waals surface area (Å²) in [5.74, 6) is 0.134. The highest BCUT2D eigenvalue weighted by molar-refractivity contribution is 5.77. The van der Waals surface area contributed by atoms with E-state index in [0.29, 0.717) is 13.1 Å². The molecule has 1 amide bonds. The molecule has 0 aromatic heterocycles. The maximum atomic E-state index is 12.6. The van der Waals surface area contributed by atoms with Crippen LogP contribution in [-0.4, -0.2) is 51.8 Å². The van der Waals surface area contributed by atoms with Gasteiger partial charge >= 0.3 is 0 Å². The minimum Gasteiger partial charge on any atom is -0.370 e. The van der Waals surface area contributed by atoms with Crippen molar-refractivity contribution in [1.82, 2.24) is 5.32 Å². The van der Waals surface area contributed by atoms with Gasteiger partial charge in [0.1, 0.15) is 19.6 Å². The molecule has 1 fully saturated rings. The Morgan fingerprint density at radius 2 is 1.63 bits per heavy atom. The highest BCUT2D eigenvalue weighted by Gasteiger charge is 2.20. The van der Waals surface area contributed by atoms with Crippen LogP contribution in [0.1, 0.15) is 23.1 Å². The van der Waals surface area contributed by atoms with Crippen LogP contribution >= 0.6 is 0 Å². The van der Waals surface area contributed by atoms with Crippen LogP contribution in [0, 0.1) is 0 Å². The van der Waals surface area contributed by atoms with Gasteiger partial charge in [0.15, 0.2) is 6.54 Å². The van der Waals surface area contributed by atoms with Crippen molar-refractivity contribution in [2.45, 2.75) is 19.5 Å². The highest BCUT2D eigenvalue weighted by Crippen LogP contribution is 2.17. The first kappa shape index (κ1) is 20.8. The summed E-state index contributed by atoms with van der Waals surface area (Å²) in [6, 6.07) is 19.0. The van der Waals surface area contributed by atoms with Crippen LogP contribution in [0.5, 0.6) is 0 Å². The van der Waals surface area contributed by atoms with Gasteiger partial charge < -0.3 is 19.9 Å². The zero-order valence-electron chi connectivity index (χ0n) is 17.7. The monoisotopic (exact) mass is 407 g/mol. The van der Waals surface area contributed by atoms with Gasteiger partial charge in [0.2, 0.25) is 0 Å². The molecule has 2 aromatic carbocycles. The number of nitrogens with one attached hydrogen (secondary N) is 3. The zero-order chi connectivity index (χ0) is 20.6. The van der Waals surface area contributed by atoms with Gasteiger partial charge in [-0.05, 0) is 22.8 Å². The van der Waals surface area contributed by atoms with Crippen molar-refractivity contribution in [3.8, 4) is 0 Å². The van der Waals surface area contributed by atoms with Crippen LogP contribution in [0.25, 0.3) is 5.57 Å². The van der Waals surface area contributed by atoms with Gasteiger partial charge in [-0.25, -0.2) is 0 Å². The van der Waals surface area contributed by atoms with Gasteiger partial charge in [0.05, 0.1) is 26.3 Å².